The lowest BCUT2D eigenvalue weighted by atomic mass is 10.4. The molecule has 0 spiro atoms. The Morgan fingerprint density at radius 1 is 1.77 bits per heavy atom. The molecule has 1 heterocycles. The molecule has 0 unspecified atom stereocenters. The molecule has 0 radical (unpaired) electrons. The second kappa shape index (κ2) is 2.83. The molecule has 2 atom stereocenters. The molecule has 2 rings (SSSR count). The largest absolute Gasteiger partial charge is 0.346 e. The van der Waals surface area contributed by atoms with Gasteiger partial charge in [0.15, 0.2) is 0 Å². The van der Waals surface area contributed by atoms with Gasteiger partial charge in [0.1, 0.15) is 6.33 Å². The van der Waals surface area contributed by atoms with Gasteiger partial charge in [-0.25, -0.2) is 4.98 Å². The minimum absolute atomic E-state index is 0.171. The molecule has 0 aromatic carbocycles. The molecule has 13 heavy (non-hydrogen) atoms. The number of aryl methyl sites for hydroxylation is 1. The number of hydrogen-bond acceptors (Lipinski definition) is 3. The van der Waals surface area contributed by atoms with Gasteiger partial charge in [-0.3, -0.25) is 9.48 Å². The maximum Gasteiger partial charge on any atom is 0.291 e. The lowest BCUT2D eigenvalue weighted by Gasteiger charge is -1.98. The fourth-order valence-electron chi connectivity index (χ4n) is 1.20. The van der Waals surface area contributed by atoms with E-state index >= 15 is 0 Å². The van der Waals surface area contributed by atoms with Crippen molar-refractivity contribution in [3.8, 4) is 0 Å². The first kappa shape index (κ1) is 8.22. The summed E-state index contributed by atoms with van der Waals surface area (Å²) < 4.78 is 1.52. The minimum atomic E-state index is -0.171. The molecule has 5 heteroatoms. The Bertz CT molecular complexity index is 333. The summed E-state index contributed by atoms with van der Waals surface area (Å²) in [5, 5.41) is 6.77. The SMILES string of the molecule is C[C@@H]1C[C@H]1NC(=O)c1ncn(C)n1. The maximum atomic E-state index is 11.4. The van der Waals surface area contributed by atoms with Crippen LogP contribution in [0.2, 0.25) is 0 Å². The molecule has 1 fully saturated rings. The third-order valence-corrected chi connectivity index (χ3v) is 2.23. The number of nitrogens with zero attached hydrogens (tertiary/aromatic N) is 3. The van der Waals surface area contributed by atoms with Gasteiger partial charge in [0, 0.05) is 13.1 Å². The predicted molar refractivity (Wildman–Crippen MR) is 46.0 cm³/mol. The Balaban J connectivity index is 1.97. The normalized spacial score (nSPS) is 25.7. The van der Waals surface area contributed by atoms with E-state index in [1.54, 1.807) is 7.05 Å². The van der Waals surface area contributed by atoms with Gasteiger partial charge in [-0.05, 0) is 12.3 Å². The van der Waals surface area contributed by atoms with Gasteiger partial charge in [0.25, 0.3) is 5.91 Å². The topological polar surface area (TPSA) is 59.8 Å². The van der Waals surface area contributed by atoms with Crippen molar-refractivity contribution < 1.29 is 4.79 Å². The van der Waals surface area contributed by atoms with Crippen LogP contribution in [0.5, 0.6) is 0 Å². The molecule has 1 aliphatic rings. The summed E-state index contributed by atoms with van der Waals surface area (Å²) in [6, 6.07) is 0.330. The van der Waals surface area contributed by atoms with E-state index in [-0.39, 0.29) is 11.7 Å². The Morgan fingerprint density at radius 2 is 2.46 bits per heavy atom. The highest BCUT2D eigenvalue weighted by atomic mass is 16.2. The van der Waals surface area contributed by atoms with Crippen LogP contribution in [0.3, 0.4) is 0 Å². The second-order valence-electron chi connectivity index (χ2n) is 3.53. The molecule has 1 aliphatic carbocycles. The molecule has 5 nitrogen and oxygen atoms in total. The summed E-state index contributed by atoms with van der Waals surface area (Å²) in [6.07, 6.45) is 2.59. The molecular weight excluding hydrogens is 168 g/mol. The minimum Gasteiger partial charge on any atom is -0.346 e. The zero-order valence-corrected chi connectivity index (χ0v) is 7.69. The van der Waals surface area contributed by atoms with Crippen molar-refractivity contribution in [2.24, 2.45) is 13.0 Å². The van der Waals surface area contributed by atoms with Crippen molar-refractivity contribution in [2.45, 2.75) is 19.4 Å². The highest BCUT2D eigenvalue weighted by Gasteiger charge is 2.34. The zero-order valence-electron chi connectivity index (χ0n) is 7.69. The van der Waals surface area contributed by atoms with Gasteiger partial charge < -0.3 is 5.32 Å². The summed E-state index contributed by atoms with van der Waals surface area (Å²) >= 11 is 0. The van der Waals surface area contributed by atoms with Crippen LogP contribution < -0.4 is 5.32 Å². The van der Waals surface area contributed by atoms with Crippen LogP contribution in [0.1, 0.15) is 24.0 Å². The first-order valence-electron chi connectivity index (χ1n) is 4.33. The Hall–Kier alpha value is -1.39. The van der Waals surface area contributed by atoms with E-state index in [2.05, 4.69) is 22.3 Å². The fraction of sp³-hybridized carbons (Fsp3) is 0.625. The van der Waals surface area contributed by atoms with E-state index in [0.29, 0.717) is 12.0 Å². The fourth-order valence-corrected chi connectivity index (χ4v) is 1.20. The third-order valence-electron chi connectivity index (χ3n) is 2.23. The molecule has 1 saturated carbocycles. The van der Waals surface area contributed by atoms with Crippen LogP contribution >= 0.6 is 0 Å². The first-order chi connectivity index (χ1) is 6.16. The molecule has 1 amide bonds. The summed E-state index contributed by atoms with van der Waals surface area (Å²) in [6.45, 7) is 2.11. The molecule has 0 bridgehead atoms. The predicted octanol–water partition coefficient (Wildman–Crippen LogP) is -0.0467. The average molecular weight is 180 g/mol. The molecule has 1 aromatic rings. The average Bonchev–Trinajstić information content (AvgIpc) is 2.62. The standard InChI is InChI=1S/C8H12N4O/c1-5-3-6(5)10-8(13)7-9-4-12(2)11-7/h4-6H,3H2,1-2H3,(H,10,13)/t5-,6-/m1/s1. The zero-order chi connectivity index (χ0) is 9.42. The lowest BCUT2D eigenvalue weighted by molar-refractivity contribution is 0.0939. The quantitative estimate of drug-likeness (QED) is 0.694. The van der Waals surface area contributed by atoms with Crippen LogP contribution in [0.4, 0.5) is 0 Å². The monoisotopic (exact) mass is 180 g/mol. The van der Waals surface area contributed by atoms with E-state index < -0.39 is 0 Å². The number of carbonyl (C=O) groups is 1. The van der Waals surface area contributed by atoms with E-state index in [9.17, 15) is 4.79 Å². The van der Waals surface area contributed by atoms with E-state index in [0.717, 1.165) is 6.42 Å². The number of aromatic nitrogens is 3. The van der Waals surface area contributed by atoms with Gasteiger partial charge in [-0.2, -0.15) is 0 Å². The number of nitrogens with one attached hydrogen (secondary N) is 1. The van der Waals surface area contributed by atoms with Crippen molar-refractivity contribution in [1.29, 1.82) is 0 Å². The Kier molecular flexibility index (Phi) is 1.79. The molecule has 1 aromatic heterocycles. The Morgan fingerprint density at radius 3 is 2.92 bits per heavy atom. The summed E-state index contributed by atoms with van der Waals surface area (Å²) in [5.41, 5.74) is 0. The maximum absolute atomic E-state index is 11.4. The Labute approximate surface area is 76.2 Å². The molecule has 70 valence electrons. The van der Waals surface area contributed by atoms with Crippen molar-refractivity contribution in [2.75, 3.05) is 0 Å². The molecular formula is C8H12N4O. The summed E-state index contributed by atoms with van der Waals surface area (Å²) in [7, 11) is 1.74. The third kappa shape index (κ3) is 1.68. The number of hydrogen-bond donors (Lipinski definition) is 1. The highest BCUT2D eigenvalue weighted by molar-refractivity contribution is 5.90. The first-order valence-corrected chi connectivity index (χ1v) is 4.33. The van der Waals surface area contributed by atoms with E-state index in [1.807, 2.05) is 0 Å². The number of carbonyl (C=O) groups excluding carboxylic acids is 1. The van der Waals surface area contributed by atoms with E-state index in [4.69, 9.17) is 0 Å². The van der Waals surface area contributed by atoms with Crippen LogP contribution in [-0.4, -0.2) is 26.7 Å². The van der Waals surface area contributed by atoms with Gasteiger partial charge in [0.2, 0.25) is 5.82 Å². The van der Waals surface area contributed by atoms with Crippen molar-refractivity contribution >= 4 is 5.91 Å². The number of rotatable bonds is 2. The molecule has 0 aliphatic heterocycles. The van der Waals surface area contributed by atoms with Crippen LogP contribution in [-0.2, 0) is 7.05 Å². The van der Waals surface area contributed by atoms with Gasteiger partial charge in [0.05, 0.1) is 0 Å². The van der Waals surface area contributed by atoms with Gasteiger partial charge >= 0.3 is 0 Å². The van der Waals surface area contributed by atoms with Crippen molar-refractivity contribution in [3.05, 3.63) is 12.2 Å². The second-order valence-corrected chi connectivity index (χ2v) is 3.53. The van der Waals surface area contributed by atoms with Crippen LogP contribution in [0, 0.1) is 5.92 Å². The van der Waals surface area contributed by atoms with Crippen LogP contribution in [0.15, 0.2) is 6.33 Å². The highest BCUT2D eigenvalue weighted by Crippen LogP contribution is 2.28. The molecule has 1 N–H and O–H groups in total. The van der Waals surface area contributed by atoms with Crippen molar-refractivity contribution in [3.63, 3.8) is 0 Å². The van der Waals surface area contributed by atoms with Crippen LogP contribution in [0.25, 0.3) is 0 Å². The van der Waals surface area contributed by atoms with Gasteiger partial charge in [-0.1, -0.05) is 6.92 Å². The lowest BCUT2D eigenvalue weighted by Crippen LogP contribution is -2.27. The van der Waals surface area contributed by atoms with E-state index in [1.165, 1.54) is 11.0 Å². The number of amides is 1. The molecule has 0 saturated heterocycles. The summed E-state index contributed by atoms with van der Waals surface area (Å²) in [5.74, 6) is 0.684. The summed E-state index contributed by atoms with van der Waals surface area (Å²) in [4.78, 5) is 15.3. The van der Waals surface area contributed by atoms with Gasteiger partial charge in [-0.15, -0.1) is 5.10 Å². The van der Waals surface area contributed by atoms with Crippen molar-refractivity contribution in [1.82, 2.24) is 20.1 Å². The smallest absolute Gasteiger partial charge is 0.291 e.